The Morgan fingerprint density at radius 3 is 3.17 bits per heavy atom. The first-order valence-electron chi connectivity index (χ1n) is 7.89. The van der Waals surface area contributed by atoms with Gasteiger partial charge in [-0.3, -0.25) is 18.8 Å². The zero-order valence-corrected chi connectivity index (χ0v) is 13.9. The molecule has 1 aliphatic rings. The summed E-state index contributed by atoms with van der Waals surface area (Å²) in [5.74, 6) is 0. The maximum Gasteiger partial charge on any atom is 0.259 e. The summed E-state index contributed by atoms with van der Waals surface area (Å²) in [6.07, 6.45) is 6.17. The number of aryl methyl sites for hydroxylation is 1. The van der Waals surface area contributed by atoms with Gasteiger partial charge in [-0.15, -0.1) is 11.3 Å². The number of aromatic nitrogens is 4. The van der Waals surface area contributed by atoms with Gasteiger partial charge in [-0.1, -0.05) is 0 Å². The highest BCUT2D eigenvalue weighted by atomic mass is 32.1. The Hall–Kier alpha value is -1.99. The molecule has 1 atom stereocenters. The molecule has 0 amide bonds. The largest absolute Gasteiger partial charge is 0.293 e. The Morgan fingerprint density at radius 2 is 2.35 bits per heavy atom. The molecule has 23 heavy (non-hydrogen) atoms. The van der Waals surface area contributed by atoms with Crippen LogP contribution in [0.1, 0.15) is 24.2 Å². The van der Waals surface area contributed by atoms with Crippen LogP contribution in [-0.2, 0) is 13.1 Å². The molecule has 1 saturated heterocycles. The van der Waals surface area contributed by atoms with Crippen molar-refractivity contribution in [2.24, 2.45) is 0 Å². The van der Waals surface area contributed by atoms with Crippen LogP contribution in [0.2, 0.25) is 0 Å². The SMILES string of the molecule is Cc1csc2nc(CN3CCC[C@@H]3Cn3cccn3)cc(=O)n12. The third kappa shape index (κ3) is 2.82. The average molecular weight is 329 g/mol. The lowest BCUT2D eigenvalue weighted by atomic mass is 10.2. The zero-order chi connectivity index (χ0) is 15.8. The quantitative estimate of drug-likeness (QED) is 0.734. The van der Waals surface area contributed by atoms with Gasteiger partial charge in [0.05, 0.1) is 12.2 Å². The van der Waals surface area contributed by atoms with Gasteiger partial charge in [0, 0.05) is 42.1 Å². The van der Waals surface area contributed by atoms with Gasteiger partial charge in [-0.2, -0.15) is 5.10 Å². The summed E-state index contributed by atoms with van der Waals surface area (Å²) in [4.78, 5) is 20.2. The molecule has 0 spiro atoms. The van der Waals surface area contributed by atoms with Crippen LogP contribution >= 0.6 is 11.3 Å². The van der Waals surface area contributed by atoms with E-state index in [1.54, 1.807) is 10.5 Å². The van der Waals surface area contributed by atoms with E-state index in [4.69, 9.17) is 0 Å². The molecule has 3 aromatic rings. The summed E-state index contributed by atoms with van der Waals surface area (Å²) >= 11 is 1.52. The minimum absolute atomic E-state index is 0.0200. The molecule has 7 heteroatoms. The molecule has 0 unspecified atom stereocenters. The second kappa shape index (κ2) is 5.90. The lowest BCUT2D eigenvalue weighted by molar-refractivity contribution is 0.217. The summed E-state index contributed by atoms with van der Waals surface area (Å²) in [6, 6.07) is 4.09. The Kier molecular flexibility index (Phi) is 3.74. The van der Waals surface area contributed by atoms with E-state index < -0.39 is 0 Å². The number of rotatable bonds is 4. The summed E-state index contributed by atoms with van der Waals surface area (Å²) in [7, 11) is 0. The fourth-order valence-electron chi connectivity index (χ4n) is 3.32. The van der Waals surface area contributed by atoms with Gasteiger partial charge in [-0.25, -0.2) is 4.98 Å². The second-order valence-electron chi connectivity index (χ2n) is 6.08. The van der Waals surface area contributed by atoms with Gasteiger partial charge in [-0.05, 0) is 32.4 Å². The van der Waals surface area contributed by atoms with E-state index in [0.29, 0.717) is 6.04 Å². The van der Waals surface area contributed by atoms with Gasteiger partial charge in [0.25, 0.3) is 5.56 Å². The number of nitrogens with zero attached hydrogens (tertiary/aromatic N) is 5. The van der Waals surface area contributed by atoms with Crippen molar-refractivity contribution in [1.82, 2.24) is 24.1 Å². The van der Waals surface area contributed by atoms with Gasteiger partial charge in [0.15, 0.2) is 4.96 Å². The molecule has 6 nitrogen and oxygen atoms in total. The maximum atomic E-state index is 12.3. The standard InChI is InChI=1S/C16H19N5OS/c1-12-11-23-16-18-13(8-15(22)21(12)16)9-19-6-2-4-14(19)10-20-7-3-5-17-20/h3,5,7-8,11,14H,2,4,6,9-10H2,1H3/t14-/m1/s1. The number of hydrogen-bond donors (Lipinski definition) is 0. The Labute approximate surface area is 138 Å². The van der Waals surface area contributed by atoms with Crippen LogP contribution in [0.15, 0.2) is 34.7 Å². The highest BCUT2D eigenvalue weighted by Crippen LogP contribution is 2.21. The van der Waals surface area contributed by atoms with Crippen molar-refractivity contribution in [1.29, 1.82) is 0 Å². The van der Waals surface area contributed by atoms with Crippen molar-refractivity contribution in [2.45, 2.75) is 38.9 Å². The first-order valence-corrected chi connectivity index (χ1v) is 8.77. The molecule has 0 bridgehead atoms. The number of thiazole rings is 1. The summed E-state index contributed by atoms with van der Waals surface area (Å²) in [5, 5.41) is 6.28. The molecule has 0 saturated carbocycles. The van der Waals surface area contributed by atoms with E-state index >= 15 is 0 Å². The van der Waals surface area contributed by atoms with Crippen LogP contribution in [0.25, 0.3) is 4.96 Å². The molecule has 120 valence electrons. The topological polar surface area (TPSA) is 55.4 Å². The average Bonchev–Trinajstić information content (AvgIpc) is 3.24. The van der Waals surface area contributed by atoms with E-state index in [-0.39, 0.29) is 5.56 Å². The molecule has 4 rings (SSSR count). The van der Waals surface area contributed by atoms with Crippen molar-refractivity contribution in [2.75, 3.05) is 6.54 Å². The van der Waals surface area contributed by atoms with E-state index in [2.05, 4.69) is 15.0 Å². The van der Waals surface area contributed by atoms with E-state index in [9.17, 15) is 4.79 Å². The molecule has 4 heterocycles. The first-order chi connectivity index (χ1) is 11.2. The van der Waals surface area contributed by atoms with Crippen LogP contribution in [0.4, 0.5) is 0 Å². The highest BCUT2D eigenvalue weighted by Gasteiger charge is 2.25. The normalized spacial score (nSPS) is 18.9. The first kappa shape index (κ1) is 14.6. The van der Waals surface area contributed by atoms with Gasteiger partial charge in [0.2, 0.25) is 0 Å². The van der Waals surface area contributed by atoms with Crippen LogP contribution < -0.4 is 5.56 Å². The van der Waals surface area contributed by atoms with Crippen LogP contribution in [0.3, 0.4) is 0 Å². The number of hydrogen-bond acceptors (Lipinski definition) is 5. The minimum Gasteiger partial charge on any atom is -0.293 e. The van der Waals surface area contributed by atoms with Crippen LogP contribution in [-0.4, -0.2) is 36.7 Å². The Morgan fingerprint density at radius 1 is 1.43 bits per heavy atom. The van der Waals surface area contributed by atoms with Crippen molar-refractivity contribution in [3.63, 3.8) is 0 Å². The number of likely N-dealkylation sites (tertiary alicyclic amines) is 1. The lowest BCUT2D eigenvalue weighted by Gasteiger charge is -2.24. The lowest BCUT2D eigenvalue weighted by Crippen LogP contribution is -2.33. The Balaban J connectivity index is 1.56. The van der Waals surface area contributed by atoms with E-state index in [1.807, 2.05) is 35.4 Å². The van der Waals surface area contributed by atoms with Crippen LogP contribution in [0.5, 0.6) is 0 Å². The van der Waals surface area contributed by atoms with Crippen molar-refractivity contribution in [3.8, 4) is 0 Å². The molecule has 0 aromatic carbocycles. The molecule has 1 aliphatic heterocycles. The fourth-order valence-corrected chi connectivity index (χ4v) is 4.22. The summed E-state index contributed by atoms with van der Waals surface area (Å²) in [5.41, 5.74) is 1.84. The number of fused-ring (bicyclic) bond motifs is 1. The fraction of sp³-hybridized carbons (Fsp3) is 0.438. The second-order valence-corrected chi connectivity index (χ2v) is 6.91. The van der Waals surface area contributed by atoms with Crippen molar-refractivity contribution in [3.05, 3.63) is 51.6 Å². The van der Waals surface area contributed by atoms with Crippen molar-refractivity contribution >= 4 is 16.3 Å². The molecule has 0 N–H and O–H groups in total. The Bertz CT molecular complexity index is 866. The monoisotopic (exact) mass is 329 g/mol. The van der Waals surface area contributed by atoms with Gasteiger partial charge >= 0.3 is 0 Å². The molecule has 0 aliphatic carbocycles. The van der Waals surface area contributed by atoms with Gasteiger partial charge < -0.3 is 0 Å². The predicted molar refractivity (Wildman–Crippen MR) is 89.7 cm³/mol. The summed E-state index contributed by atoms with van der Waals surface area (Å²) < 4.78 is 3.66. The predicted octanol–water partition coefficient (Wildman–Crippen LogP) is 1.93. The van der Waals surface area contributed by atoms with E-state index in [0.717, 1.165) is 36.0 Å². The summed E-state index contributed by atoms with van der Waals surface area (Å²) in [6.45, 7) is 4.62. The van der Waals surface area contributed by atoms with Crippen LogP contribution in [0, 0.1) is 6.92 Å². The smallest absolute Gasteiger partial charge is 0.259 e. The van der Waals surface area contributed by atoms with Crippen molar-refractivity contribution < 1.29 is 0 Å². The molecule has 0 radical (unpaired) electrons. The minimum atomic E-state index is 0.0200. The molecular weight excluding hydrogens is 310 g/mol. The molecular formula is C16H19N5OS. The third-order valence-corrected chi connectivity index (χ3v) is 5.39. The zero-order valence-electron chi connectivity index (χ0n) is 13.1. The highest BCUT2D eigenvalue weighted by molar-refractivity contribution is 7.15. The maximum absolute atomic E-state index is 12.3. The molecule has 1 fully saturated rings. The molecule has 3 aromatic heterocycles. The van der Waals surface area contributed by atoms with Gasteiger partial charge in [0.1, 0.15) is 0 Å². The third-order valence-electron chi connectivity index (χ3n) is 4.45. The van der Waals surface area contributed by atoms with E-state index in [1.165, 1.54) is 24.2 Å².